The molecule has 1 unspecified atom stereocenters. The zero-order chi connectivity index (χ0) is 19.8. The van der Waals surface area contributed by atoms with Gasteiger partial charge in [0.1, 0.15) is 29.2 Å². The highest BCUT2D eigenvalue weighted by Gasteiger charge is 2.37. The summed E-state index contributed by atoms with van der Waals surface area (Å²) in [6.45, 7) is 2.62. The van der Waals surface area contributed by atoms with Crippen molar-refractivity contribution in [1.29, 1.82) is 0 Å². The molecule has 4 rings (SSSR count). The Labute approximate surface area is 165 Å². The Bertz CT molecular complexity index is 875. The number of ether oxygens (including phenoxy) is 2. The number of aromatic nitrogens is 2. The van der Waals surface area contributed by atoms with Gasteiger partial charge in [-0.1, -0.05) is 0 Å². The summed E-state index contributed by atoms with van der Waals surface area (Å²) in [4.78, 5) is 26.3. The SMILES string of the molecule is COc1cc(OC)cc(N2CCC(N(C)c3cc(C)nc(C4CC4)n3)C2=O)c1. The average molecular weight is 382 g/mol. The number of amides is 1. The van der Waals surface area contributed by atoms with E-state index < -0.39 is 0 Å². The standard InChI is InChI=1S/C21H26N4O3/c1-13-9-19(23-20(22-13)14-5-6-14)24(2)18-7-8-25(21(18)26)15-10-16(27-3)12-17(11-15)28-4/h9-12,14,18H,5-8H2,1-4H3. The van der Waals surface area contributed by atoms with Gasteiger partial charge in [0.15, 0.2) is 0 Å². The van der Waals surface area contributed by atoms with Crippen LogP contribution in [0.15, 0.2) is 24.3 Å². The zero-order valence-electron chi connectivity index (χ0n) is 16.8. The number of likely N-dealkylation sites (N-methyl/N-ethyl adjacent to an activating group) is 1. The largest absolute Gasteiger partial charge is 0.497 e. The highest BCUT2D eigenvalue weighted by atomic mass is 16.5. The highest BCUT2D eigenvalue weighted by molar-refractivity contribution is 6.01. The molecule has 1 amide bonds. The fourth-order valence-electron chi connectivity index (χ4n) is 3.67. The number of hydrogen-bond donors (Lipinski definition) is 0. The van der Waals surface area contributed by atoms with Crippen LogP contribution < -0.4 is 19.3 Å². The van der Waals surface area contributed by atoms with Crippen LogP contribution in [0.4, 0.5) is 11.5 Å². The van der Waals surface area contributed by atoms with Crippen LogP contribution in [0.2, 0.25) is 0 Å². The third kappa shape index (κ3) is 3.48. The molecular weight excluding hydrogens is 356 g/mol. The van der Waals surface area contributed by atoms with Crippen LogP contribution in [0.3, 0.4) is 0 Å². The van der Waals surface area contributed by atoms with E-state index in [2.05, 4.69) is 4.98 Å². The lowest BCUT2D eigenvalue weighted by Crippen LogP contribution is -2.40. The molecule has 2 aliphatic rings. The molecule has 2 heterocycles. The molecule has 28 heavy (non-hydrogen) atoms. The van der Waals surface area contributed by atoms with E-state index >= 15 is 0 Å². The summed E-state index contributed by atoms with van der Waals surface area (Å²) in [6.07, 6.45) is 3.04. The molecule has 1 saturated heterocycles. The first-order chi connectivity index (χ1) is 13.5. The molecule has 1 aromatic heterocycles. The molecule has 1 aliphatic carbocycles. The van der Waals surface area contributed by atoms with Crippen molar-refractivity contribution in [2.45, 2.75) is 38.1 Å². The maximum Gasteiger partial charge on any atom is 0.249 e. The van der Waals surface area contributed by atoms with Crippen molar-refractivity contribution in [3.63, 3.8) is 0 Å². The molecule has 1 atom stereocenters. The molecular formula is C21H26N4O3. The maximum absolute atomic E-state index is 13.2. The maximum atomic E-state index is 13.2. The number of carbonyl (C=O) groups excluding carboxylic acids is 1. The first-order valence-electron chi connectivity index (χ1n) is 9.63. The van der Waals surface area contributed by atoms with E-state index in [1.807, 2.05) is 37.1 Å². The Morgan fingerprint density at radius 2 is 1.71 bits per heavy atom. The summed E-state index contributed by atoms with van der Waals surface area (Å²) in [5, 5.41) is 0. The molecule has 7 nitrogen and oxygen atoms in total. The Kier molecular flexibility index (Phi) is 4.83. The van der Waals surface area contributed by atoms with Crippen LogP contribution in [0, 0.1) is 6.92 Å². The fourth-order valence-corrected chi connectivity index (χ4v) is 3.67. The van der Waals surface area contributed by atoms with Crippen molar-refractivity contribution >= 4 is 17.4 Å². The summed E-state index contributed by atoms with van der Waals surface area (Å²) in [7, 11) is 5.16. The van der Waals surface area contributed by atoms with Gasteiger partial charge in [-0.05, 0) is 26.2 Å². The Hall–Kier alpha value is -2.83. The number of carbonyl (C=O) groups is 1. The molecule has 7 heteroatoms. The van der Waals surface area contributed by atoms with E-state index in [-0.39, 0.29) is 11.9 Å². The van der Waals surface area contributed by atoms with Crippen molar-refractivity contribution in [3.8, 4) is 11.5 Å². The molecule has 0 spiro atoms. The minimum Gasteiger partial charge on any atom is -0.497 e. The van der Waals surface area contributed by atoms with Gasteiger partial charge in [-0.3, -0.25) is 4.79 Å². The Balaban J connectivity index is 1.58. The van der Waals surface area contributed by atoms with E-state index in [1.165, 1.54) is 0 Å². The summed E-state index contributed by atoms with van der Waals surface area (Å²) in [5.41, 5.74) is 1.73. The Morgan fingerprint density at radius 1 is 1.04 bits per heavy atom. The molecule has 1 aromatic carbocycles. The minimum atomic E-state index is -0.251. The third-order valence-electron chi connectivity index (χ3n) is 5.45. The second-order valence-electron chi connectivity index (χ2n) is 7.48. The minimum absolute atomic E-state index is 0.0574. The number of rotatable bonds is 6. The van der Waals surface area contributed by atoms with E-state index in [4.69, 9.17) is 14.5 Å². The van der Waals surface area contributed by atoms with Crippen LogP contribution in [0.5, 0.6) is 11.5 Å². The smallest absolute Gasteiger partial charge is 0.249 e. The second-order valence-corrected chi connectivity index (χ2v) is 7.48. The lowest BCUT2D eigenvalue weighted by molar-refractivity contribution is -0.118. The lowest BCUT2D eigenvalue weighted by Gasteiger charge is -2.25. The summed E-state index contributed by atoms with van der Waals surface area (Å²) in [5.74, 6) is 3.59. The first-order valence-corrected chi connectivity index (χ1v) is 9.63. The zero-order valence-corrected chi connectivity index (χ0v) is 16.8. The molecule has 0 radical (unpaired) electrons. The van der Waals surface area contributed by atoms with Gasteiger partial charge in [-0.2, -0.15) is 0 Å². The van der Waals surface area contributed by atoms with Crippen molar-refractivity contribution in [2.24, 2.45) is 0 Å². The predicted molar refractivity (Wildman–Crippen MR) is 107 cm³/mol. The molecule has 0 bridgehead atoms. The number of nitrogens with zero attached hydrogens (tertiary/aromatic N) is 4. The van der Waals surface area contributed by atoms with Gasteiger partial charge in [-0.15, -0.1) is 0 Å². The summed E-state index contributed by atoms with van der Waals surface area (Å²) in [6, 6.07) is 7.23. The van der Waals surface area contributed by atoms with Gasteiger partial charge < -0.3 is 19.3 Å². The molecule has 2 fully saturated rings. The van der Waals surface area contributed by atoms with Gasteiger partial charge in [0.25, 0.3) is 0 Å². The monoisotopic (exact) mass is 382 g/mol. The number of hydrogen-bond acceptors (Lipinski definition) is 6. The van der Waals surface area contributed by atoms with Gasteiger partial charge in [0.2, 0.25) is 5.91 Å². The van der Waals surface area contributed by atoms with Crippen molar-refractivity contribution in [3.05, 3.63) is 35.8 Å². The number of aryl methyl sites for hydroxylation is 1. The van der Waals surface area contributed by atoms with E-state index in [1.54, 1.807) is 25.2 Å². The van der Waals surface area contributed by atoms with Gasteiger partial charge >= 0.3 is 0 Å². The molecule has 1 aliphatic heterocycles. The van der Waals surface area contributed by atoms with Crippen molar-refractivity contribution in [2.75, 3.05) is 37.6 Å². The van der Waals surface area contributed by atoms with Crippen LogP contribution in [-0.4, -0.2) is 49.7 Å². The molecule has 2 aromatic rings. The van der Waals surface area contributed by atoms with E-state index in [9.17, 15) is 4.79 Å². The Morgan fingerprint density at radius 3 is 2.32 bits per heavy atom. The summed E-state index contributed by atoms with van der Waals surface area (Å²) >= 11 is 0. The molecule has 1 saturated carbocycles. The van der Waals surface area contributed by atoms with Gasteiger partial charge in [0.05, 0.1) is 19.9 Å². The van der Waals surface area contributed by atoms with E-state index in [0.29, 0.717) is 24.0 Å². The second kappa shape index (κ2) is 7.30. The predicted octanol–water partition coefficient (Wildman–Crippen LogP) is 2.92. The topological polar surface area (TPSA) is 67.8 Å². The number of benzene rings is 1. The fraction of sp³-hybridized carbons (Fsp3) is 0.476. The van der Waals surface area contributed by atoms with Crippen molar-refractivity contribution in [1.82, 2.24) is 9.97 Å². The van der Waals surface area contributed by atoms with E-state index in [0.717, 1.165) is 42.3 Å². The third-order valence-corrected chi connectivity index (χ3v) is 5.45. The average Bonchev–Trinajstić information content (AvgIpc) is 3.49. The van der Waals surface area contributed by atoms with Gasteiger partial charge in [-0.25, -0.2) is 9.97 Å². The van der Waals surface area contributed by atoms with Crippen LogP contribution in [0.25, 0.3) is 0 Å². The normalized spacial score (nSPS) is 19.1. The van der Waals surface area contributed by atoms with Gasteiger partial charge in [0, 0.05) is 49.5 Å². The van der Waals surface area contributed by atoms with Crippen molar-refractivity contribution < 1.29 is 14.3 Å². The quantitative estimate of drug-likeness (QED) is 0.765. The number of methoxy groups -OCH3 is 2. The highest BCUT2D eigenvalue weighted by Crippen LogP contribution is 2.39. The molecule has 148 valence electrons. The van der Waals surface area contributed by atoms with Crippen LogP contribution in [-0.2, 0) is 4.79 Å². The summed E-state index contributed by atoms with van der Waals surface area (Å²) < 4.78 is 10.7. The lowest BCUT2D eigenvalue weighted by atomic mass is 10.2. The van der Waals surface area contributed by atoms with Crippen LogP contribution >= 0.6 is 0 Å². The number of anilines is 2. The van der Waals surface area contributed by atoms with Crippen LogP contribution in [0.1, 0.15) is 36.7 Å². The molecule has 0 N–H and O–H groups in total. The first kappa shape index (κ1) is 18.5.